The second kappa shape index (κ2) is 6.20. The summed E-state index contributed by atoms with van der Waals surface area (Å²) in [6.45, 7) is -0.199. The molecule has 0 N–H and O–H groups in total. The zero-order chi connectivity index (χ0) is 15.4. The number of nitriles is 1. The molecule has 5 nitrogen and oxygen atoms in total. The van der Waals surface area contributed by atoms with Gasteiger partial charge in [-0.1, -0.05) is 17.7 Å². The van der Waals surface area contributed by atoms with Crippen LogP contribution in [-0.2, 0) is 6.61 Å². The molecule has 0 spiro atoms. The van der Waals surface area contributed by atoms with Crippen molar-refractivity contribution in [2.45, 2.75) is 6.61 Å². The summed E-state index contributed by atoms with van der Waals surface area (Å²) in [6, 6.07) is 9.67. The van der Waals surface area contributed by atoms with E-state index in [1.165, 1.54) is 30.3 Å². The average Bonchev–Trinajstić information content (AvgIpc) is 2.44. The van der Waals surface area contributed by atoms with Gasteiger partial charge in [-0.3, -0.25) is 10.1 Å². The van der Waals surface area contributed by atoms with Crippen molar-refractivity contribution >= 4 is 17.3 Å². The summed E-state index contributed by atoms with van der Waals surface area (Å²) in [5.41, 5.74) is -0.169. The fourth-order valence-corrected chi connectivity index (χ4v) is 1.93. The van der Waals surface area contributed by atoms with Gasteiger partial charge in [-0.2, -0.15) is 5.26 Å². The Morgan fingerprint density at radius 1 is 1.38 bits per heavy atom. The highest BCUT2D eigenvalue weighted by molar-refractivity contribution is 6.30. The van der Waals surface area contributed by atoms with Crippen LogP contribution < -0.4 is 4.74 Å². The Labute approximate surface area is 124 Å². The van der Waals surface area contributed by atoms with Crippen molar-refractivity contribution in [2.75, 3.05) is 0 Å². The van der Waals surface area contributed by atoms with Gasteiger partial charge in [-0.15, -0.1) is 0 Å². The van der Waals surface area contributed by atoms with Crippen LogP contribution >= 0.6 is 11.6 Å². The second-order valence-electron chi connectivity index (χ2n) is 4.04. The molecule has 2 aromatic carbocycles. The zero-order valence-corrected chi connectivity index (χ0v) is 11.3. The molecule has 0 amide bonds. The van der Waals surface area contributed by atoms with Gasteiger partial charge in [0.15, 0.2) is 0 Å². The number of hydrogen-bond acceptors (Lipinski definition) is 4. The third-order valence-corrected chi connectivity index (χ3v) is 2.94. The summed E-state index contributed by atoms with van der Waals surface area (Å²) in [4.78, 5) is 10.4. The van der Waals surface area contributed by atoms with E-state index in [1.54, 1.807) is 6.07 Å². The molecule has 0 atom stereocenters. The number of nitro groups is 1. The van der Waals surface area contributed by atoms with E-state index < -0.39 is 10.7 Å². The van der Waals surface area contributed by atoms with E-state index in [2.05, 4.69) is 0 Å². The molecule has 0 unspecified atom stereocenters. The van der Waals surface area contributed by atoms with Crippen LogP contribution in [-0.4, -0.2) is 4.92 Å². The zero-order valence-electron chi connectivity index (χ0n) is 10.5. The highest BCUT2D eigenvalue weighted by Gasteiger charge is 2.16. The van der Waals surface area contributed by atoms with E-state index >= 15 is 0 Å². The quantitative estimate of drug-likeness (QED) is 0.635. The van der Waals surface area contributed by atoms with Crippen LogP contribution in [0.1, 0.15) is 11.1 Å². The van der Waals surface area contributed by atoms with Crippen molar-refractivity contribution in [1.82, 2.24) is 0 Å². The lowest BCUT2D eigenvalue weighted by Gasteiger charge is -2.09. The van der Waals surface area contributed by atoms with Gasteiger partial charge in [-0.05, 0) is 24.3 Å². The number of nitrogens with zero attached hydrogens (tertiary/aromatic N) is 2. The minimum Gasteiger partial charge on any atom is -0.487 e. The number of rotatable bonds is 4. The first-order valence-corrected chi connectivity index (χ1v) is 6.15. The van der Waals surface area contributed by atoms with Gasteiger partial charge in [0, 0.05) is 11.1 Å². The van der Waals surface area contributed by atoms with Gasteiger partial charge >= 0.3 is 0 Å². The standard InChI is InChI=1S/C14H8ClFN2O3/c15-10-4-5-13(18(19)20)9(6-10)8-21-14-3-1-2-12(16)11(14)7-17/h1-6H,8H2. The molecule has 106 valence electrons. The lowest BCUT2D eigenvalue weighted by atomic mass is 10.2. The minimum atomic E-state index is -0.712. The molecule has 0 aromatic heterocycles. The molecule has 0 fully saturated rings. The second-order valence-corrected chi connectivity index (χ2v) is 4.48. The molecule has 0 bridgehead atoms. The molecule has 0 aliphatic rings. The molecule has 0 heterocycles. The summed E-state index contributed by atoms with van der Waals surface area (Å²) in [5.74, 6) is -0.692. The van der Waals surface area contributed by atoms with E-state index in [-0.39, 0.29) is 29.2 Å². The Morgan fingerprint density at radius 3 is 2.81 bits per heavy atom. The number of hydrogen-bond donors (Lipinski definition) is 0. The van der Waals surface area contributed by atoms with Crippen molar-refractivity contribution in [1.29, 1.82) is 5.26 Å². The third kappa shape index (κ3) is 3.27. The molecule has 0 saturated heterocycles. The molecule has 7 heteroatoms. The first-order chi connectivity index (χ1) is 10.0. The largest absolute Gasteiger partial charge is 0.487 e. The van der Waals surface area contributed by atoms with E-state index in [4.69, 9.17) is 21.6 Å². The Hall–Kier alpha value is -2.65. The van der Waals surface area contributed by atoms with Crippen molar-refractivity contribution < 1.29 is 14.1 Å². The predicted molar refractivity (Wildman–Crippen MR) is 73.6 cm³/mol. The summed E-state index contributed by atoms with van der Waals surface area (Å²) in [7, 11) is 0. The van der Waals surface area contributed by atoms with Gasteiger partial charge in [0.05, 0.1) is 10.5 Å². The molecular weight excluding hydrogens is 299 g/mol. The number of benzene rings is 2. The molecule has 21 heavy (non-hydrogen) atoms. The van der Waals surface area contributed by atoms with Gasteiger partial charge < -0.3 is 4.74 Å². The molecule has 2 aromatic rings. The molecule has 0 aliphatic heterocycles. The van der Waals surface area contributed by atoms with Crippen molar-refractivity contribution in [3.8, 4) is 11.8 Å². The lowest BCUT2D eigenvalue weighted by Crippen LogP contribution is -2.02. The third-order valence-electron chi connectivity index (χ3n) is 2.71. The molecule has 0 radical (unpaired) electrons. The van der Waals surface area contributed by atoms with E-state index in [0.717, 1.165) is 6.07 Å². The molecule has 0 saturated carbocycles. The first-order valence-electron chi connectivity index (χ1n) is 5.77. The fourth-order valence-electron chi connectivity index (χ4n) is 1.74. The van der Waals surface area contributed by atoms with Crippen LogP contribution in [0, 0.1) is 27.3 Å². The predicted octanol–water partition coefficient (Wildman–Crippen LogP) is 3.84. The monoisotopic (exact) mass is 306 g/mol. The van der Waals surface area contributed by atoms with Crippen LogP contribution in [0.3, 0.4) is 0 Å². The normalized spacial score (nSPS) is 9.95. The topological polar surface area (TPSA) is 76.2 Å². The summed E-state index contributed by atoms with van der Waals surface area (Å²) >= 11 is 5.80. The summed E-state index contributed by atoms with van der Waals surface area (Å²) in [5, 5.41) is 20.1. The lowest BCUT2D eigenvalue weighted by molar-refractivity contribution is -0.385. The first kappa shape index (κ1) is 14.8. The molecule has 2 rings (SSSR count). The molecular formula is C14H8ClFN2O3. The number of ether oxygens (including phenoxy) is 1. The number of halogens is 2. The van der Waals surface area contributed by atoms with Crippen LogP contribution in [0.25, 0.3) is 0 Å². The van der Waals surface area contributed by atoms with Crippen molar-refractivity contribution in [3.05, 3.63) is 68.5 Å². The van der Waals surface area contributed by atoms with E-state index in [0.29, 0.717) is 5.02 Å². The fraction of sp³-hybridized carbons (Fsp3) is 0.0714. The Morgan fingerprint density at radius 2 is 2.14 bits per heavy atom. The summed E-state index contributed by atoms with van der Waals surface area (Å²) < 4.78 is 18.7. The highest BCUT2D eigenvalue weighted by atomic mass is 35.5. The van der Waals surface area contributed by atoms with Gasteiger partial charge in [0.25, 0.3) is 5.69 Å². The van der Waals surface area contributed by atoms with Crippen molar-refractivity contribution in [3.63, 3.8) is 0 Å². The van der Waals surface area contributed by atoms with Crippen molar-refractivity contribution in [2.24, 2.45) is 0 Å². The minimum absolute atomic E-state index is 0.0202. The highest BCUT2D eigenvalue weighted by Crippen LogP contribution is 2.26. The SMILES string of the molecule is N#Cc1c(F)cccc1OCc1cc(Cl)ccc1[N+](=O)[O-]. The van der Waals surface area contributed by atoms with Gasteiger partial charge in [0.1, 0.15) is 29.8 Å². The smallest absolute Gasteiger partial charge is 0.276 e. The number of nitro benzene ring substituents is 1. The van der Waals surface area contributed by atoms with E-state index in [1.807, 2.05) is 0 Å². The van der Waals surface area contributed by atoms with E-state index in [9.17, 15) is 14.5 Å². The van der Waals surface area contributed by atoms with Crippen LogP contribution in [0.15, 0.2) is 36.4 Å². The summed E-state index contributed by atoms with van der Waals surface area (Å²) in [6.07, 6.45) is 0. The molecule has 0 aliphatic carbocycles. The maximum absolute atomic E-state index is 13.4. The van der Waals surface area contributed by atoms with Crippen LogP contribution in [0.2, 0.25) is 5.02 Å². The van der Waals surface area contributed by atoms with Gasteiger partial charge in [0.2, 0.25) is 0 Å². The Balaban J connectivity index is 2.29. The Kier molecular flexibility index (Phi) is 4.36. The van der Waals surface area contributed by atoms with Gasteiger partial charge in [-0.25, -0.2) is 4.39 Å². The average molecular weight is 307 g/mol. The van der Waals surface area contributed by atoms with Crippen LogP contribution in [0.5, 0.6) is 5.75 Å². The maximum Gasteiger partial charge on any atom is 0.276 e. The maximum atomic E-state index is 13.4. The Bertz CT molecular complexity index is 743. The van der Waals surface area contributed by atoms with Crippen LogP contribution in [0.4, 0.5) is 10.1 Å².